The number of aromatic nitrogens is 2. The molecule has 0 spiro atoms. The molecule has 1 atom stereocenters. The first kappa shape index (κ1) is 19.6. The molecule has 0 bridgehead atoms. The summed E-state index contributed by atoms with van der Waals surface area (Å²) >= 11 is 3.43. The molecule has 2 aromatic carbocycles. The number of anilines is 1. The van der Waals surface area contributed by atoms with Crippen molar-refractivity contribution < 1.29 is 4.79 Å². The van der Waals surface area contributed by atoms with Crippen molar-refractivity contribution in [3.63, 3.8) is 0 Å². The van der Waals surface area contributed by atoms with E-state index in [4.69, 9.17) is 4.98 Å². The van der Waals surface area contributed by atoms with Crippen molar-refractivity contribution in [3.05, 3.63) is 76.9 Å². The molecule has 5 nitrogen and oxygen atoms in total. The van der Waals surface area contributed by atoms with Gasteiger partial charge in [0.15, 0.2) is 5.82 Å². The summed E-state index contributed by atoms with van der Waals surface area (Å²) in [4.78, 5) is 24.1. The minimum absolute atomic E-state index is 0.0330. The van der Waals surface area contributed by atoms with Crippen LogP contribution in [0.15, 0.2) is 71.3 Å². The lowest BCUT2D eigenvalue weighted by Gasteiger charge is -2.33. The lowest BCUT2D eigenvalue weighted by atomic mass is 9.97. The number of carbonyl (C=O) groups is 1. The molecular formula is C23H23BrN4O. The standard InChI is InChI=1S/C23H23BrN4O/c24-20-10-8-17(9-11-20)15-26-23(29)19-7-4-14-28(16-19)21-12-13-25-22(27-21)18-5-2-1-3-6-18/h1-3,5-6,8-13,19H,4,7,14-16H2,(H,26,29)/t19-/m0/s1. The summed E-state index contributed by atoms with van der Waals surface area (Å²) in [6, 6.07) is 19.9. The number of hydrogen-bond donors (Lipinski definition) is 1. The average molecular weight is 451 g/mol. The van der Waals surface area contributed by atoms with E-state index in [2.05, 4.69) is 31.1 Å². The fraction of sp³-hybridized carbons (Fsp3) is 0.261. The maximum absolute atomic E-state index is 12.7. The van der Waals surface area contributed by atoms with E-state index in [0.717, 1.165) is 40.8 Å². The third-order valence-electron chi connectivity index (χ3n) is 5.17. The zero-order chi connectivity index (χ0) is 20.1. The number of hydrogen-bond acceptors (Lipinski definition) is 4. The summed E-state index contributed by atoms with van der Waals surface area (Å²) in [5.41, 5.74) is 2.09. The van der Waals surface area contributed by atoms with Crippen LogP contribution in [-0.2, 0) is 11.3 Å². The third-order valence-corrected chi connectivity index (χ3v) is 5.70. The summed E-state index contributed by atoms with van der Waals surface area (Å²) in [6.45, 7) is 2.13. The van der Waals surface area contributed by atoms with Crippen LogP contribution in [0.25, 0.3) is 11.4 Å². The molecule has 3 aromatic rings. The van der Waals surface area contributed by atoms with Gasteiger partial charge in [0, 0.05) is 35.9 Å². The van der Waals surface area contributed by atoms with Crippen molar-refractivity contribution in [3.8, 4) is 11.4 Å². The Morgan fingerprint density at radius 2 is 1.90 bits per heavy atom. The van der Waals surface area contributed by atoms with Gasteiger partial charge in [-0.05, 0) is 36.6 Å². The Bertz CT molecular complexity index is 962. The van der Waals surface area contributed by atoms with Gasteiger partial charge in [-0.1, -0.05) is 58.4 Å². The smallest absolute Gasteiger partial charge is 0.225 e. The first-order chi connectivity index (χ1) is 14.2. The van der Waals surface area contributed by atoms with Gasteiger partial charge in [0.05, 0.1) is 5.92 Å². The van der Waals surface area contributed by atoms with Gasteiger partial charge in [-0.25, -0.2) is 9.97 Å². The monoisotopic (exact) mass is 450 g/mol. The summed E-state index contributed by atoms with van der Waals surface area (Å²) in [6.07, 6.45) is 3.67. The van der Waals surface area contributed by atoms with Gasteiger partial charge >= 0.3 is 0 Å². The second-order valence-electron chi connectivity index (χ2n) is 7.23. The molecule has 1 aromatic heterocycles. The first-order valence-corrected chi connectivity index (χ1v) is 10.6. The predicted octanol–water partition coefficient (Wildman–Crippen LogP) is 4.44. The Balaban J connectivity index is 1.40. The maximum atomic E-state index is 12.7. The SMILES string of the molecule is O=C(NCc1ccc(Br)cc1)[C@H]1CCCN(c2ccnc(-c3ccccc3)n2)C1. The molecule has 4 rings (SSSR count). The minimum Gasteiger partial charge on any atom is -0.356 e. The molecule has 2 heterocycles. The van der Waals surface area contributed by atoms with E-state index in [0.29, 0.717) is 18.9 Å². The Hall–Kier alpha value is -2.73. The molecule has 1 fully saturated rings. The topological polar surface area (TPSA) is 58.1 Å². The van der Waals surface area contributed by atoms with Crippen molar-refractivity contribution in [1.29, 1.82) is 0 Å². The van der Waals surface area contributed by atoms with Crippen molar-refractivity contribution in [2.45, 2.75) is 19.4 Å². The molecule has 1 aliphatic heterocycles. The van der Waals surface area contributed by atoms with Crippen LogP contribution in [0.3, 0.4) is 0 Å². The van der Waals surface area contributed by atoms with E-state index in [-0.39, 0.29) is 11.8 Å². The normalized spacial score (nSPS) is 16.4. The number of nitrogens with one attached hydrogen (secondary N) is 1. The summed E-state index contributed by atoms with van der Waals surface area (Å²) in [7, 11) is 0. The molecule has 1 amide bonds. The quantitative estimate of drug-likeness (QED) is 0.623. The van der Waals surface area contributed by atoms with Gasteiger partial charge in [0.1, 0.15) is 5.82 Å². The highest BCUT2D eigenvalue weighted by molar-refractivity contribution is 9.10. The summed E-state index contributed by atoms with van der Waals surface area (Å²) in [5, 5.41) is 3.08. The maximum Gasteiger partial charge on any atom is 0.225 e. The summed E-state index contributed by atoms with van der Waals surface area (Å²) < 4.78 is 1.04. The lowest BCUT2D eigenvalue weighted by Crippen LogP contribution is -2.43. The highest BCUT2D eigenvalue weighted by Gasteiger charge is 2.26. The van der Waals surface area contributed by atoms with Gasteiger partial charge in [-0.2, -0.15) is 0 Å². The van der Waals surface area contributed by atoms with E-state index >= 15 is 0 Å². The van der Waals surface area contributed by atoms with Crippen molar-refractivity contribution >= 4 is 27.7 Å². The predicted molar refractivity (Wildman–Crippen MR) is 118 cm³/mol. The number of carbonyl (C=O) groups excluding carboxylic acids is 1. The van der Waals surface area contributed by atoms with Gasteiger partial charge < -0.3 is 10.2 Å². The molecule has 148 valence electrons. The number of rotatable bonds is 5. The first-order valence-electron chi connectivity index (χ1n) is 9.84. The Morgan fingerprint density at radius 3 is 2.69 bits per heavy atom. The van der Waals surface area contributed by atoms with Crippen LogP contribution < -0.4 is 10.2 Å². The van der Waals surface area contributed by atoms with Crippen LogP contribution in [0.5, 0.6) is 0 Å². The molecule has 1 N–H and O–H groups in total. The zero-order valence-corrected chi connectivity index (χ0v) is 17.7. The third kappa shape index (κ3) is 5.01. The number of halogens is 1. The van der Waals surface area contributed by atoms with Crippen LogP contribution >= 0.6 is 15.9 Å². The molecule has 0 radical (unpaired) electrons. The van der Waals surface area contributed by atoms with Crippen LogP contribution in [0, 0.1) is 5.92 Å². The molecule has 0 saturated carbocycles. The van der Waals surface area contributed by atoms with Gasteiger partial charge in [-0.3, -0.25) is 4.79 Å². The molecule has 29 heavy (non-hydrogen) atoms. The Morgan fingerprint density at radius 1 is 1.10 bits per heavy atom. The molecule has 6 heteroatoms. The van der Waals surface area contributed by atoms with Crippen molar-refractivity contribution in [2.24, 2.45) is 5.92 Å². The number of piperidine rings is 1. The second-order valence-corrected chi connectivity index (χ2v) is 8.15. The zero-order valence-electron chi connectivity index (χ0n) is 16.1. The van der Waals surface area contributed by atoms with Crippen LogP contribution in [0.2, 0.25) is 0 Å². The number of nitrogens with zero attached hydrogens (tertiary/aromatic N) is 3. The number of amides is 1. The molecule has 0 aliphatic carbocycles. The molecule has 1 saturated heterocycles. The second kappa shape index (κ2) is 9.18. The fourth-order valence-corrected chi connectivity index (χ4v) is 3.85. The van der Waals surface area contributed by atoms with Gasteiger partial charge in [-0.15, -0.1) is 0 Å². The largest absolute Gasteiger partial charge is 0.356 e. The Labute approximate surface area is 179 Å². The van der Waals surface area contributed by atoms with E-state index in [1.54, 1.807) is 6.20 Å². The van der Waals surface area contributed by atoms with E-state index in [1.165, 1.54) is 0 Å². The molecule has 0 unspecified atom stereocenters. The Kier molecular flexibility index (Phi) is 6.20. The van der Waals surface area contributed by atoms with Crippen LogP contribution in [-0.4, -0.2) is 29.0 Å². The average Bonchev–Trinajstić information content (AvgIpc) is 2.79. The fourth-order valence-electron chi connectivity index (χ4n) is 3.59. The van der Waals surface area contributed by atoms with Crippen LogP contribution in [0.1, 0.15) is 18.4 Å². The highest BCUT2D eigenvalue weighted by Crippen LogP contribution is 2.24. The molecule has 1 aliphatic rings. The molecular weight excluding hydrogens is 428 g/mol. The number of benzene rings is 2. The lowest BCUT2D eigenvalue weighted by molar-refractivity contribution is -0.125. The van der Waals surface area contributed by atoms with Gasteiger partial charge in [0.25, 0.3) is 0 Å². The minimum atomic E-state index is -0.0330. The van der Waals surface area contributed by atoms with Crippen LogP contribution in [0.4, 0.5) is 5.82 Å². The van der Waals surface area contributed by atoms with E-state index in [9.17, 15) is 4.79 Å². The van der Waals surface area contributed by atoms with Gasteiger partial charge in [0.2, 0.25) is 5.91 Å². The van der Waals surface area contributed by atoms with E-state index < -0.39 is 0 Å². The van der Waals surface area contributed by atoms with Crippen molar-refractivity contribution in [1.82, 2.24) is 15.3 Å². The van der Waals surface area contributed by atoms with Crippen molar-refractivity contribution in [2.75, 3.05) is 18.0 Å². The van der Waals surface area contributed by atoms with E-state index in [1.807, 2.05) is 60.7 Å². The summed E-state index contributed by atoms with van der Waals surface area (Å²) in [5.74, 6) is 1.67. The highest BCUT2D eigenvalue weighted by atomic mass is 79.9.